The van der Waals surface area contributed by atoms with Crippen molar-refractivity contribution in [2.45, 2.75) is 45.6 Å². The lowest BCUT2D eigenvalue weighted by atomic mass is 10.1. The van der Waals surface area contributed by atoms with Gasteiger partial charge in [0, 0.05) is 12.7 Å². The molecule has 1 nitrogen and oxygen atoms in total. The van der Waals surface area contributed by atoms with Gasteiger partial charge in [0.1, 0.15) is 0 Å². The van der Waals surface area contributed by atoms with Crippen molar-refractivity contribution in [3.05, 3.63) is 24.5 Å². The first kappa shape index (κ1) is 9.37. The second-order valence-electron chi connectivity index (χ2n) is 3.24. The summed E-state index contributed by atoms with van der Waals surface area (Å²) in [5.41, 5.74) is 0. The quantitative estimate of drug-likeness (QED) is 0.569. The Labute approximate surface area is 75.4 Å². The monoisotopic (exact) mass is 164 g/mol. The number of unbranched alkanes of at least 4 members (excludes halogenated alkanes) is 4. The first-order chi connectivity index (χ1) is 5.93. The van der Waals surface area contributed by atoms with Crippen LogP contribution in [0.5, 0.6) is 0 Å². The fraction of sp³-hybridized carbons (Fsp3) is 0.636. The van der Waals surface area contributed by atoms with Crippen LogP contribution in [0, 0.1) is 6.20 Å². The molecule has 1 heterocycles. The first-order valence-corrected chi connectivity index (χ1v) is 4.96. The molecule has 1 radical (unpaired) electrons. The summed E-state index contributed by atoms with van der Waals surface area (Å²) in [5, 5.41) is 0. The summed E-state index contributed by atoms with van der Waals surface area (Å²) in [7, 11) is 0. The zero-order valence-electron chi connectivity index (χ0n) is 7.92. The van der Waals surface area contributed by atoms with Gasteiger partial charge in [0.05, 0.1) is 6.20 Å². The molecule has 0 N–H and O–H groups in total. The molecule has 0 aliphatic heterocycles. The molecule has 0 saturated heterocycles. The van der Waals surface area contributed by atoms with Gasteiger partial charge in [-0.25, -0.2) is 0 Å². The van der Waals surface area contributed by atoms with E-state index >= 15 is 0 Å². The molecule has 0 fully saturated rings. The van der Waals surface area contributed by atoms with Crippen LogP contribution in [0.4, 0.5) is 0 Å². The molecule has 0 unspecified atom stereocenters. The van der Waals surface area contributed by atoms with Crippen LogP contribution < -0.4 is 0 Å². The number of rotatable bonds is 6. The van der Waals surface area contributed by atoms with Crippen molar-refractivity contribution in [2.24, 2.45) is 0 Å². The van der Waals surface area contributed by atoms with Crippen LogP contribution in [0.3, 0.4) is 0 Å². The summed E-state index contributed by atoms with van der Waals surface area (Å²) in [6.45, 7) is 3.39. The largest absolute Gasteiger partial charge is 0.346 e. The average molecular weight is 164 g/mol. The van der Waals surface area contributed by atoms with Crippen molar-refractivity contribution in [2.75, 3.05) is 0 Å². The van der Waals surface area contributed by atoms with Gasteiger partial charge < -0.3 is 4.57 Å². The fourth-order valence-electron chi connectivity index (χ4n) is 1.35. The van der Waals surface area contributed by atoms with Gasteiger partial charge in [0.2, 0.25) is 0 Å². The smallest absolute Gasteiger partial charge is 0.0647 e. The minimum absolute atomic E-state index is 1.14. The molecule has 67 valence electrons. The minimum atomic E-state index is 1.14. The normalized spacial score (nSPS) is 10.4. The van der Waals surface area contributed by atoms with Crippen molar-refractivity contribution in [3.63, 3.8) is 0 Å². The van der Waals surface area contributed by atoms with E-state index in [-0.39, 0.29) is 0 Å². The third kappa shape index (κ3) is 3.61. The molecule has 0 atom stereocenters. The lowest BCUT2D eigenvalue weighted by Gasteiger charge is -2.01. The van der Waals surface area contributed by atoms with E-state index in [4.69, 9.17) is 0 Å². The Kier molecular flexibility index (Phi) is 4.58. The Balaban J connectivity index is 1.96. The number of aromatic nitrogens is 1. The number of hydrogen-bond donors (Lipinski definition) is 0. The van der Waals surface area contributed by atoms with Crippen molar-refractivity contribution in [1.82, 2.24) is 4.57 Å². The topological polar surface area (TPSA) is 4.93 Å². The minimum Gasteiger partial charge on any atom is -0.346 e. The van der Waals surface area contributed by atoms with Crippen LogP contribution in [0.15, 0.2) is 18.3 Å². The van der Waals surface area contributed by atoms with E-state index in [0.29, 0.717) is 0 Å². The lowest BCUT2D eigenvalue weighted by Crippen LogP contribution is -1.93. The molecule has 1 heteroatoms. The Morgan fingerprint density at radius 2 is 2.00 bits per heavy atom. The number of aryl methyl sites for hydroxylation is 1. The third-order valence-electron chi connectivity index (χ3n) is 2.11. The van der Waals surface area contributed by atoms with E-state index < -0.39 is 0 Å². The van der Waals surface area contributed by atoms with Crippen molar-refractivity contribution in [3.8, 4) is 0 Å². The molecule has 0 amide bonds. The summed E-state index contributed by atoms with van der Waals surface area (Å²) in [6, 6.07) is 4.00. The van der Waals surface area contributed by atoms with Gasteiger partial charge >= 0.3 is 0 Å². The van der Waals surface area contributed by atoms with Gasteiger partial charge in [-0.15, -0.1) is 0 Å². The summed E-state index contributed by atoms with van der Waals surface area (Å²) in [6.07, 6.45) is 12.0. The van der Waals surface area contributed by atoms with Crippen molar-refractivity contribution in [1.29, 1.82) is 0 Å². The second-order valence-corrected chi connectivity index (χ2v) is 3.24. The lowest BCUT2D eigenvalue weighted by molar-refractivity contribution is 0.568. The van der Waals surface area contributed by atoms with Crippen LogP contribution in [0.25, 0.3) is 0 Å². The molecule has 0 aliphatic carbocycles. The van der Waals surface area contributed by atoms with Gasteiger partial charge in [-0.2, -0.15) is 0 Å². The molecule has 1 aromatic heterocycles. The van der Waals surface area contributed by atoms with E-state index in [0.717, 1.165) is 6.54 Å². The SMILES string of the molecule is CCCCCCCn1[c]ccc1. The van der Waals surface area contributed by atoms with E-state index in [1.54, 1.807) is 0 Å². The van der Waals surface area contributed by atoms with E-state index in [2.05, 4.69) is 23.9 Å². The van der Waals surface area contributed by atoms with Crippen LogP contribution >= 0.6 is 0 Å². The van der Waals surface area contributed by atoms with Crippen LogP contribution in [-0.4, -0.2) is 4.57 Å². The van der Waals surface area contributed by atoms with Crippen LogP contribution in [-0.2, 0) is 6.54 Å². The standard InChI is InChI=1S/C11H18N/c1-2-3-4-5-6-9-12-10-7-8-11-12/h7-8,10H,2-6,9H2,1H3. The molecule has 0 aromatic carbocycles. The van der Waals surface area contributed by atoms with E-state index in [1.165, 1.54) is 32.1 Å². The predicted octanol–water partition coefficient (Wildman–Crippen LogP) is 3.26. The maximum Gasteiger partial charge on any atom is 0.0647 e. The Bertz CT molecular complexity index is 177. The highest BCUT2D eigenvalue weighted by Crippen LogP contribution is 2.03. The van der Waals surface area contributed by atoms with Gasteiger partial charge in [-0.05, 0) is 18.6 Å². The molecule has 12 heavy (non-hydrogen) atoms. The third-order valence-corrected chi connectivity index (χ3v) is 2.11. The molecular weight excluding hydrogens is 146 g/mol. The number of nitrogens with zero attached hydrogens (tertiary/aromatic N) is 1. The zero-order valence-corrected chi connectivity index (χ0v) is 7.92. The van der Waals surface area contributed by atoms with Crippen molar-refractivity contribution >= 4 is 0 Å². The number of hydrogen-bond acceptors (Lipinski definition) is 0. The molecule has 1 aromatic rings. The fourth-order valence-corrected chi connectivity index (χ4v) is 1.35. The average Bonchev–Trinajstić information content (AvgIpc) is 2.57. The van der Waals surface area contributed by atoms with E-state index in [1.807, 2.05) is 12.1 Å². The van der Waals surface area contributed by atoms with Crippen molar-refractivity contribution < 1.29 is 0 Å². The molecule has 0 spiro atoms. The second kappa shape index (κ2) is 5.87. The Morgan fingerprint density at radius 3 is 2.67 bits per heavy atom. The molecule has 0 aliphatic rings. The summed E-state index contributed by atoms with van der Waals surface area (Å²) >= 11 is 0. The Morgan fingerprint density at radius 1 is 1.17 bits per heavy atom. The van der Waals surface area contributed by atoms with Crippen LogP contribution in [0.1, 0.15) is 39.0 Å². The highest BCUT2D eigenvalue weighted by Gasteiger charge is 1.90. The molecule has 0 saturated carbocycles. The van der Waals surface area contributed by atoms with Crippen LogP contribution in [0.2, 0.25) is 0 Å². The molecular formula is C11H18N. The van der Waals surface area contributed by atoms with Gasteiger partial charge in [0.15, 0.2) is 0 Å². The summed E-state index contributed by atoms with van der Waals surface area (Å²) in [4.78, 5) is 0. The zero-order chi connectivity index (χ0) is 8.65. The maximum absolute atomic E-state index is 3.14. The van der Waals surface area contributed by atoms with Gasteiger partial charge in [-0.3, -0.25) is 0 Å². The summed E-state index contributed by atoms with van der Waals surface area (Å²) in [5.74, 6) is 0. The van der Waals surface area contributed by atoms with E-state index in [9.17, 15) is 0 Å². The molecule has 0 bridgehead atoms. The highest BCUT2D eigenvalue weighted by atomic mass is 14.9. The summed E-state index contributed by atoms with van der Waals surface area (Å²) < 4.78 is 2.13. The molecule has 1 rings (SSSR count). The highest BCUT2D eigenvalue weighted by molar-refractivity contribution is 4.88. The predicted molar refractivity (Wildman–Crippen MR) is 52.0 cm³/mol. The Hall–Kier alpha value is -0.720. The van der Waals surface area contributed by atoms with Gasteiger partial charge in [0.25, 0.3) is 0 Å². The first-order valence-electron chi connectivity index (χ1n) is 4.96. The van der Waals surface area contributed by atoms with Gasteiger partial charge in [-0.1, -0.05) is 32.6 Å². The maximum atomic E-state index is 3.14.